The number of nitrogens with zero attached hydrogens (tertiary/aromatic N) is 1. The first-order valence-electron chi connectivity index (χ1n) is 8.87. The lowest BCUT2D eigenvalue weighted by molar-refractivity contribution is 0.0635. The Labute approximate surface area is 155 Å². The van der Waals surface area contributed by atoms with Gasteiger partial charge in [-0.2, -0.15) is 0 Å². The fourth-order valence-electron chi connectivity index (χ4n) is 3.28. The smallest absolute Gasteiger partial charge is 0.261 e. The van der Waals surface area contributed by atoms with Gasteiger partial charge in [-0.3, -0.25) is 9.52 Å². The number of aryl methyl sites for hydroxylation is 1. The summed E-state index contributed by atoms with van der Waals surface area (Å²) < 4.78 is 28.0. The van der Waals surface area contributed by atoms with Crippen LogP contribution in [-0.2, 0) is 10.0 Å². The first-order chi connectivity index (χ1) is 12.4. The predicted molar refractivity (Wildman–Crippen MR) is 103 cm³/mol. The molecule has 0 radical (unpaired) electrons. The fraction of sp³-hybridized carbons (Fsp3) is 0.350. The molecule has 1 aliphatic heterocycles. The van der Waals surface area contributed by atoms with Crippen molar-refractivity contribution < 1.29 is 13.2 Å². The first-order valence-corrected chi connectivity index (χ1v) is 10.4. The monoisotopic (exact) mass is 372 g/mol. The lowest BCUT2D eigenvalue weighted by Gasteiger charge is -2.33. The molecule has 5 nitrogen and oxygen atoms in total. The molecule has 0 aliphatic carbocycles. The number of piperidine rings is 1. The number of carbonyl (C=O) groups excluding carboxylic acids is 1. The number of amides is 1. The third kappa shape index (κ3) is 4.07. The summed E-state index contributed by atoms with van der Waals surface area (Å²) in [7, 11) is -3.75. The van der Waals surface area contributed by atoms with Crippen molar-refractivity contribution >= 4 is 21.6 Å². The molecule has 1 amide bonds. The molecule has 0 aromatic heterocycles. The van der Waals surface area contributed by atoms with Gasteiger partial charge in [0.2, 0.25) is 0 Å². The maximum absolute atomic E-state index is 12.8. The van der Waals surface area contributed by atoms with Crippen LogP contribution in [0.1, 0.15) is 42.1 Å². The second-order valence-electron chi connectivity index (χ2n) is 6.85. The summed E-state index contributed by atoms with van der Waals surface area (Å²) in [4.78, 5) is 14.7. The summed E-state index contributed by atoms with van der Waals surface area (Å²) in [5.41, 5.74) is 1.88. The Bertz CT molecular complexity index is 909. The molecule has 2 aromatic carbocycles. The van der Waals surface area contributed by atoms with Crippen LogP contribution in [0.3, 0.4) is 0 Å². The molecule has 2 aromatic rings. The second-order valence-corrected chi connectivity index (χ2v) is 8.53. The van der Waals surface area contributed by atoms with E-state index in [9.17, 15) is 13.2 Å². The molecule has 1 saturated heterocycles. The molecule has 3 rings (SSSR count). The Hall–Kier alpha value is -2.34. The van der Waals surface area contributed by atoms with Crippen LogP contribution in [0.2, 0.25) is 0 Å². The zero-order chi connectivity index (χ0) is 18.7. The highest BCUT2D eigenvalue weighted by Crippen LogP contribution is 2.22. The van der Waals surface area contributed by atoms with Gasteiger partial charge < -0.3 is 4.90 Å². The van der Waals surface area contributed by atoms with Gasteiger partial charge in [0.1, 0.15) is 0 Å². The van der Waals surface area contributed by atoms with E-state index in [0.717, 1.165) is 31.4 Å². The Kier molecular flexibility index (Phi) is 5.32. The molecular formula is C20H24N2O3S. The summed E-state index contributed by atoms with van der Waals surface area (Å²) in [5.74, 6) is -0.107. The van der Waals surface area contributed by atoms with E-state index in [-0.39, 0.29) is 16.8 Å². The van der Waals surface area contributed by atoms with Gasteiger partial charge in [0.25, 0.3) is 15.9 Å². The van der Waals surface area contributed by atoms with Gasteiger partial charge >= 0.3 is 0 Å². The molecule has 1 heterocycles. The van der Waals surface area contributed by atoms with E-state index in [0.29, 0.717) is 11.3 Å². The lowest BCUT2D eigenvalue weighted by atomic mass is 10.0. The standard InChI is InChI=1S/C20H24N2O3S/c1-15-7-5-10-18(13-15)21-26(24,25)19-11-6-9-17(14-19)20(23)22-12-4-3-8-16(22)2/h5-7,9-11,13-14,16,21H,3-4,8,12H2,1-2H3. The van der Waals surface area contributed by atoms with Crippen LogP contribution in [0.25, 0.3) is 0 Å². The topological polar surface area (TPSA) is 66.5 Å². The Morgan fingerprint density at radius 2 is 1.88 bits per heavy atom. The minimum absolute atomic E-state index is 0.0921. The molecule has 1 unspecified atom stereocenters. The van der Waals surface area contributed by atoms with E-state index in [1.54, 1.807) is 30.3 Å². The van der Waals surface area contributed by atoms with Crippen LogP contribution in [0.15, 0.2) is 53.4 Å². The second kappa shape index (κ2) is 7.50. The maximum Gasteiger partial charge on any atom is 0.261 e. The van der Waals surface area contributed by atoms with Crippen LogP contribution >= 0.6 is 0 Å². The van der Waals surface area contributed by atoms with E-state index in [2.05, 4.69) is 4.72 Å². The van der Waals surface area contributed by atoms with Crippen molar-refractivity contribution in [3.05, 3.63) is 59.7 Å². The van der Waals surface area contributed by atoms with Gasteiger partial charge in [0.05, 0.1) is 4.90 Å². The largest absolute Gasteiger partial charge is 0.336 e. The minimum atomic E-state index is -3.75. The normalized spacial score (nSPS) is 17.8. The summed E-state index contributed by atoms with van der Waals surface area (Å²) in [6.45, 7) is 4.66. The van der Waals surface area contributed by atoms with Crippen molar-refractivity contribution in [2.24, 2.45) is 0 Å². The molecule has 1 fully saturated rings. The summed E-state index contributed by atoms with van der Waals surface area (Å²) in [5, 5.41) is 0. The van der Waals surface area contributed by atoms with Gasteiger partial charge in [0, 0.05) is 23.8 Å². The average Bonchev–Trinajstić information content (AvgIpc) is 2.61. The summed E-state index contributed by atoms with van der Waals surface area (Å²) >= 11 is 0. The molecular weight excluding hydrogens is 348 g/mol. The van der Waals surface area contributed by atoms with E-state index in [1.165, 1.54) is 12.1 Å². The van der Waals surface area contributed by atoms with Gasteiger partial charge in [-0.05, 0) is 69.0 Å². The van der Waals surface area contributed by atoms with Crippen molar-refractivity contribution in [1.29, 1.82) is 0 Å². The third-order valence-electron chi connectivity index (χ3n) is 4.73. The predicted octanol–water partition coefficient (Wildman–Crippen LogP) is 3.81. The zero-order valence-electron chi connectivity index (χ0n) is 15.1. The number of rotatable bonds is 4. The lowest BCUT2D eigenvalue weighted by Crippen LogP contribution is -2.42. The molecule has 1 atom stereocenters. The number of benzene rings is 2. The number of likely N-dealkylation sites (tertiary alicyclic amines) is 1. The number of nitrogens with one attached hydrogen (secondary N) is 1. The fourth-order valence-corrected chi connectivity index (χ4v) is 4.38. The van der Waals surface area contributed by atoms with Crippen LogP contribution in [0.5, 0.6) is 0 Å². The molecule has 1 aliphatic rings. The number of anilines is 1. The van der Waals surface area contributed by atoms with Crippen molar-refractivity contribution in [3.63, 3.8) is 0 Å². The number of hydrogen-bond donors (Lipinski definition) is 1. The average molecular weight is 372 g/mol. The SMILES string of the molecule is Cc1cccc(NS(=O)(=O)c2cccc(C(=O)N3CCCCC3C)c2)c1. The molecule has 0 bridgehead atoms. The summed E-state index contributed by atoms with van der Waals surface area (Å²) in [6.07, 6.45) is 3.10. The van der Waals surface area contributed by atoms with Gasteiger partial charge in [0.15, 0.2) is 0 Å². The van der Waals surface area contributed by atoms with Crippen molar-refractivity contribution in [2.75, 3.05) is 11.3 Å². The first kappa shape index (κ1) is 18.5. The molecule has 0 spiro atoms. The number of carbonyl (C=O) groups is 1. The molecule has 1 N–H and O–H groups in total. The molecule has 6 heteroatoms. The highest BCUT2D eigenvalue weighted by Gasteiger charge is 2.25. The highest BCUT2D eigenvalue weighted by molar-refractivity contribution is 7.92. The highest BCUT2D eigenvalue weighted by atomic mass is 32.2. The van der Waals surface area contributed by atoms with Gasteiger partial charge in [-0.25, -0.2) is 8.42 Å². The third-order valence-corrected chi connectivity index (χ3v) is 6.10. The maximum atomic E-state index is 12.8. The molecule has 26 heavy (non-hydrogen) atoms. The molecule has 138 valence electrons. The summed E-state index contributed by atoms with van der Waals surface area (Å²) in [6, 6.07) is 13.6. The number of hydrogen-bond acceptors (Lipinski definition) is 3. The van der Waals surface area contributed by atoms with Crippen molar-refractivity contribution in [3.8, 4) is 0 Å². The van der Waals surface area contributed by atoms with E-state index < -0.39 is 10.0 Å². The van der Waals surface area contributed by atoms with E-state index >= 15 is 0 Å². The molecule has 0 saturated carbocycles. The Balaban J connectivity index is 1.85. The van der Waals surface area contributed by atoms with Crippen LogP contribution in [0.4, 0.5) is 5.69 Å². The van der Waals surface area contributed by atoms with Gasteiger partial charge in [-0.15, -0.1) is 0 Å². The quantitative estimate of drug-likeness (QED) is 0.887. The number of sulfonamides is 1. The Morgan fingerprint density at radius 3 is 2.62 bits per heavy atom. The zero-order valence-corrected chi connectivity index (χ0v) is 15.9. The van der Waals surface area contributed by atoms with E-state index in [4.69, 9.17) is 0 Å². The van der Waals surface area contributed by atoms with Crippen LogP contribution in [0, 0.1) is 6.92 Å². The van der Waals surface area contributed by atoms with E-state index in [1.807, 2.05) is 24.8 Å². The van der Waals surface area contributed by atoms with Gasteiger partial charge in [-0.1, -0.05) is 18.2 Å². The van der Waals surface area contributed by atoms with Crippen LogP contribution in [-0.4, -0.2) is 31.8 Å². The minimum Gasteiger partial charge on any atom is -0.336 e. The Morgan fingerprint density at radius 1 is 1.12 bits per heavy atom. The van der Waals surface area contributed by atoms with Crippen molar-refractivity contribution in [2.45, 2.75) is 44.0 Å². The van der Waals surface area contributed by atoms with Crippen LogP contribution < -0.4 is 4.72 Å². The van der Waals surface area contributed by atoms with Crippen molar-refractivity contribution in [1.82, 2.24) is 4.90 Å².